The van der Waals surface area contributed by atoms with Crippen LogP contribution in [-0.2, 0) is 19.1 Å². The molecule has 0 aromatic heterocycles. The standard InChI is InChI=1S/C18H29N2O4/c1-20-11-3-2-6-15(20)14(5-4-12-20)13-24-18(23)9-10-19-16(21)7-8-17(19)22/h14-15H,2-13H2,1H3/q+1/t14-,15-,20+/m0/s1. The van der Waals surface area contributed by atoms with Gasteiger partial charge in [-0.3, -0.25) is 19.3 Å². The van der Waals surface area contributed by atoms with Crippen LogP contribution in [-0.4, -0.2) is 66.5 Å². The van der Waals surface area contributed by atoms with Crippen molar-refractivity contribution in [2.24, 2.45) is 5.92 Å². The Morgan fingerprint density at radius 1 is 1.12 bits per heavy atom. The molecule has 6 heteroatoms. The van der Waals surface area contributed by atoms with Gasteiger partial charge >= 0.3 is 5.97 Å². The van der Waals surface area contributed by atoms with Gasteiger partial charge in [0.1, 0.15) is 0 Å². The number of imide groups is 1. The van der Waals surface area contributed by atoms with Gasteiger partial charge in [0.15, 0.2) is 0 Å². The predicted molar refractivity (Wildman–Crippen MR) is 87.8 cm³/mol. The summed E-state index contributed by atoms with van der Waals surface area (Å²) in [6, 6.07) is 0.613. The highest BCUT2D eigenvalue weighted by Gasteiger charge is 2.43. The smallest absolute Gasteiger partial charge is 0.307 e. The topological polar surface area (TPSA) is 63.7 Å². The Balaban J connectivity index is 1.45. The first-order valence-corrected chi connectivity index (χ1v) is 9.33. The second-order valence-electron chi connectivity index (χ2n) is 7.76. The summed E-state index contributed by atoms with van der Waals surface area (Å²) in [4.78, 5) is 36.3. The lowest BCUT2D eigenvalue weighted by Gasteiger charge is -2.51. The number of likely N-dealkylation sites (tertiary alicyclic amines) is 1. The minimum atomic E-state index is -0.293. The van der Waals surface area contributed by atoms with E-state index < -0.39 is 0 Å². The van der Waals surface area contributed by atoms with Gasteiger partial charge in [0.05, 0.1) is 39.2 Å². The molecule has 134 valence electrons. The van der Waals surface area contributed by atoms with Gasteiger partial charge in [-0.15, -0.1) is 0 Å². The van der Waals surface area contributed by atoms with Crippen molar-refractivity contribution in [3.05, 3.63) is 0 Å². The fraction of sp³-hybridized carbons (Fsp3) is 0.833. The van der Waals surface area contributed by atoms with E-state index in [1.165, 1.54) is 43.7 Å². The van der Waals surface area contributed by atoms with Gasteiger partial charge in [0.2, 0.25) is 11.8 Å². The number of quaternary nitrogens is 1. The normalized spacial score (nSPS) is 33.5. The fourth-order valence-corrected chi connectivity index (χ4v) is 4.78. The van der Waals surface area contributed by atoms with Gasteiger partial charge in [0.25, 0.3) is 0 Å². The van der Waals surface area contributed by atoms with Crippen molar-refractivity contribution < 1.29 is 23.6 Å². The number of hydrogen-bond donors (Lipinski definition) is 0. The number of fused-ring (bicyclic) bond motifs is 1. The molecule has 3 fully saturated rings. The largest absolute Gasteiger partial charge is 0.465 e. The van der Waals surface area contributed by atoms with Crippen LogP contribution in [0.15, 0.2) is 0 Å². The lowest BCUT2D eigenvalue weighted by molar-refractivity contribution is -0.947. The summed E-state index contributed by atoms with van der Waals surface area (Å²) in [7, 11) is 2.35. The Morgan fingerprint density at radius 3 is 2.58 bits per heavy atom. The van der Waals surface area contributed by atoms with Crippen molar-refractivity contribution in [3.63, 3.8) is 0 Å². The van der Waals surface area contributed by atoms with Crippen molar-refractivity contribution in [3.8, 4) is 0 Å². The molecule has 0 aromatic rings. The van der Waals surface area contributed by atoms with Gasteiger partial charge in [-0.25, -0.2) is 0 Å². The molecule has 24 heavy (non-hydrogen) atoms. The number of amides is 2. The Kier molecular flexibility index (Phi) is 5.23. The van der Waals surface area contributed by atoms with E-state index in [1.807, 2.05) is 0 Å². The molecule has 3 rings (SSSR count). The minimum Gasteiger partial charge on any atom is -0.465 e. The number of rotatable bonds is 5. The van der Waals surface area contributed by atoms with E-state index in [0.717, 1.165) is 10.9 Å². The molecule has 0 spiro atoms. The van der Waals surface area contributed by atoms with Crippen LogP contribution in [0.1, 0.15) is 51.4 Å². The molecule has 0 N–H and O–H groups in total. The number of piperidine rings is 2. The predicted octanol–water partition coefficient (Wildman–Crippen LogP) is 1.48. The molecule has 0 aliphatic carbocycles. The third-order valence-electron chi connectivity index (χ3n) is 6.16. The number of carbonyl (C=O) groups is 3. The molecule has 3 heterocycles. The molecule has 0 aromatic carbocycles. The Hall–Kier alpha value is -1.43. The first-order chi connectivity index (χ1) is 11.5. The van der Waals surface area contributed by atoms with Gasteiger partial charge in [-0.2, -0.15) is 0 Å². The van der Waals surface area contributed by atoms with Crippen LogP contribution in [0.5, 0.6) is 0 Å². The van der Waals surface area contributed by atoms with E-state index >= 15 is 0 Å². The van der Waals surface area contributed by atoms with Crippen LogP contribution in [0.2, 0.25) is 0 Å². The monoisotopic (exact) mass is 337 g/mol. The maximum Gasteiger partial charge on any atom is 0.307 e. The van der Waals surface area contributed by atoms with Crippen LogP contribution in [0, 0.1) is 5.92 Å². The molecular weight excluding hydrogens is 308 g/mol. The molecule has 2 amide bonds. The maximum atomic E-state index is 12.0. The zero-order chi connectivity index (χ0) is 17.2. The van der Waals surface area contributed by atoms with Crippen molar-refractivity contribution in [2.75, 3.05) is 33.3 Å². The van der Waals surface area contributed by atoms with Crippen molar-refractivity contribution in [2.45, 2.75) is 57.4 Å². The average Bonchev–Trinajstić information content (AvgIpc) is 2.88. The SMILES string of the molecule is C[N@+]12CCCC[C@H]1[C@H](COC(=O)CCN1C(=O)CCC1=O)CCC2. The van der Waals surface area contributed by atoms with E-state index in [2.05, 4.69) is 7.05 Å². The Bertz CT molecular complexity index is 501. The summed E-state index contributed by atoms with van der Waals surface area (Å²) in [6.07, 6.45) is 6.80. The average molecular weight is 337 g/mol. The van der Waals surface area contributed by atoms with Crippen LogP contribution in [0.3, 0.4) is 0 Å². The zero-order valence-electron chi connectivity index (χ0n) is 14.7. The van der Waals surface area contributed by atoms with Crippen LogP contribution in [0.4, 0.5) is 0 Å². The van der Waals surface area contributed by atoms with Crippen LogP contribution in [0.25, 0.3) is 0 Å². The Labute approximate surface area is 143 Å². The lowest BCUT2D eigenvalue weighted by Crippen LogP contribution is -2.61. The zero-order valence-corrected chi connectivity index (χ0v) is 14.7. The van der Waals surface area contributed by atoms with Crippen LogP contribution >= 0.6 is 0 Å². The Morgan fingerprint density at radius 2 is 1.83 bits per heavy atom. The highest BCUT2D eigenvalue weighted by atomic mass is 16.5. The van der Waals surface area contributed by atoms with E-state index in [4.69, 9.17) is 4.74 Å². The molecule has 3 aliphatic heterocycles. The quantitative estimate of drug-likeness (QED) is 0.433. The van der Waals surface area contributed by atoms with Crippen molar-refractivity contribution in [1.29, 1.82) is 0 Å². The number of carbonyl (C=O) groups excluding carboxylic acids is 3. The lowest BCUT2D eigenvalue weighted by atomic mass is 9.82. The fourth-order valence-electron chi connectivity index (χ4n) is 4.78. The molecule has 3 aliphatic rings. The summed E-state index contributed by atoms with van der Waals surface area (Å²) < 4.78 is 6.65. The van der Waals surface area contributed by atoms with Crippen LogP contribution < -0.4 is 0 Å². The molecule has 0 unspecified atom stereocenters. The number of hydrogen-bond acceptors (Lipinski definition) is 4. The number of ether oxygens (including phenoxy) is 1. The molecule has 6 nitrogen and oxygen atoms in total. The highest BCUT2D eigenvalue weighted by molar-refractivity contribution is 6.02. The number of nitrogens with zero attached hydrogens (tertiary/aromatic N) is 2. The summed E-state index contributed by atoms with van der Waals surface area (Å²) in [5.41, 5.74) is 0. The first-order valence-electron chi connectivity index (χ1n) is 9.33. The van der Waals surface area contributed by atoms with Gasteiger partial charge < -0.3 is 9.22 Å². The highest BCUT2D eigenvalue weighted by Crippen LogP contribution is 2.36. The third kappa shape index (κ3) is 3.63. The van der Waals surface area contributed by atoms with Gasteiger partial charge in [-0.1, -0.05) is 0 Å². The van der Waals surface area contributed by atoms with E-state index in [0.29, 0.717) is 18.6 Å². The van der Waals surface area contributed by atoms with Gasteiger partial charge in [0, 0.05) is 31.7 Å². The molecular formula is C18H29N2O4+. The summed E-state index contributed by atoms with van der Waals surface area (Å²) in [5.74, 6) is -0.188. The van der Waals surface area contributed by atoms with E-state index in [1.54, 1.807) is 0 Å². The molecule has 0 bridgehead atoms. The first kappa shape index (κ1) is 17.4. The molecule has 0 saturated carbocycles. The van der Waals surface area contributed by atoms with E-state index in [-0.39, 0.29) is 43.6 Å². The number of esters is 1. The van der Waals surface area contributed by atoms with Gasteiger partial charge in [-0.05, 0) is 25.7 Å². The second kappa shape index (κ2) is 7.21. The molecule has 3 atom stereocenters. The summed E-state index contributed by atoms with van der Waals surface area (Å²) in [6.45, 7) is 3.14. The minimum absolute atomic E-state index is 0.112. The summed E-state index contributed by atoms with van der Waals surface area (Å²) >= 11 is 0. The van der Waals surface area contributed by atoms with E-state index in [9.17, 15) is 14.4 Å². The second-order valence-corrected chi connectivity index (χ2v) is 7.76. The third-order valence-corrected chi connectivity index (χ3v) is 6.16. The molecule has 3 saturated heterocycles. The summed E-state index contributed by atoms with van der Waals surface area (Å²) in [5, 5.41) is 0. The maximum absolute atomic E-state index is 12.0. The molecule has 0 radical (unpaired) electrons. The van der Waals surface area contributed by atoms with Crippen molar-refractivity contribution >= 4 is 17.8 Å². The van der Waals surface area contributed by atoms with Crippen molar-refractivity contribution in [1.82, 2.24) is 4.90 Å².